The maximum absolute atomic E-state index is 12.9. The largest absolute Gasteiger partial charge is 0.335 e. The van der Waals surface area contributed by atoms with Crippen molar-refractivity contribution in [2.75, 3.05) is 19.6 Å². The van der Waals surface area contributed by atoms with E-state index in [1.807, 2.05) is 12.1 Å². The first-order chi connectivity index (χ1) is 9.63. The minimum absolute atomic E-state index is 0.229. The van der Waals surface area contributed by atoms with Crippen LogP contribution in [-0.4, -0.2) is 36.5 Å². The summed E-state index contributed by atoms with van der Waals surface area (Å²) in [5.41, 5.74) is 3.21. The van der Waals surface area contributed by atoms with Crippen LogP contribution in [0.4, 0.5) is 0 Å². The Kier molecular flexibility index (Phi) is 3.55. The van der Waals surface area contributed by atoms with Gasteiger partial charge in [0.05, 0.1) is 0 Å². The van der Waals surface area contributed by atoms with E-state index in [1.54, 1.807) is 0 Å². The highest BCUT2D eigenvalue weighted by Gasteiger charge is 2.45. The van der Waals surface area contributed by atoms with Gasteiger partial charge in [-0.2, -0.15) is 0 Å². The van der Waals surface area contributed by atoms with E-state index >= 15 is 0 Å². The normalized spacial score (nSPS) is 28.8. The molecule has 0 spiro atoms. The number of amides is 1. The van der Waals surface area contributed by atoms with Crippen molar-refractivity contribution in [3.8, 4) is 0 Å². The predicted octanol–water partition coefficient (Wildman–Crippen LogP) is 2.37. The van der Waals surface area contributed by atoms with E-state index in [0.717, 1.165) is 37.2 Å². The van der Waals surface area contributed by atoms with Crippen LogP contribution in [0.3, 0.4) is 0 Å². The maximum atomic E-state index is 12.9. The van der Waals surface area contributed by atoms with Gasteiger partial charge in [0.2, 0.25) is 0 Å². The van der Waals surface area contributed by atoms with Gasteiger partial charge in [-0.3, -0.25) is 4.79 Å². The van der Waals surface area contributed by atoms with Crippen LogP contribution in [0.15, 0.2) is 18.2 Å². The number of nitrogens with one attached hydrogen (secondary N) is 1. The predicted molar refractivity (Wildman–Crippen MR) is 80.9 cm³/mol. The molecule has 0 aromatic heterocycles. The van der Waals surface area contributed by atoms with Crippen LogP contribution in [0.5, 0.6) is 0 Å². The zero-order valence-corrected chi connectivity index (χ0v) is 12.6. The molecule has 1 aromatic carbocycles. The number of fused-ring (bicyclic) bond motifs is 1. The van der Waals surface area contributed by atoms with Gasteiger partial charge >= 0.3 is 0 Å². The van der Waals surface area contributed by atoms with Crippen LogP contribution in [0.1, 0.15) is 34.8 Å². The monoisotopic (exact) mass is 272 g/mol. The Morgan fingerprint density at radius 3 is 2.90 bits per heavy atom. The second-order valence-corrected chi connectivity index (χ2v) is 6.26. The number of rotatable bonds is 2. The van der Waals surface area contributed by atoms with Gasteiger partial charge in [0, 0.05) is 31.2 Å². The van der Waals surface area contributed by atoms with Gasteiger partial charge in [0.25, 0.3) is 5.91 Å². The van der Waals surface area contributed by atoms with Gasteiger partial charge in [-0.1, -0.05) is 19.1 Å². The maximum Gasteiger partial charge on any atom is 0.254 e. The number of carbonyl (C=O) groups is 1. The first-order valence-corrected chi connectivity index (χ1v) is 7.71. The summed E-state index contributed by atoms with van der Waals surface area (Å²) in [5, 5.41) is 3.47. The van der Waals surface area contributed by atoms with Crippen molar-refractivity contribution in [3.05, 3.63) is 34.9 Å². The molecule has 108 valence electrons. The molecule has 3 unspecified atom stereocenters. The van der Waals surface area contributed by atoms with E-state index in [1.165, 1.54) is 5.56 Å². The van der Waals surface area contributed by atoms with Crippen molar-refractivity contribution in [2.24, 2.45) is 11.8 Å². The zero-order chi connectivity index (χ0) is 14.3. The van der Waals surface area contributed by atoms with Crippen molar-refractivity contribution >= 4 is 5.91 Å². The number of hydrogen-bond donors (Lipinski definition) is 1. The third kappa shape index (κ3) is 2.05. The summed E-state index contributed by atoms with van der Waals surface area (Å²) in [7, 11) is 0. The van der Waals surface area contributed by atoms with E-state index in [2.05, 4.69) is 37.1 Å². The number of benzene rings is 1. The standard InChI is InChI=1S/C17H24N2O/c1-4-16-15-9-18-8-13(15)10-19(16)17(20)14-7-5-6-11(2)12(14)3/h5-7,13,15-16,18H,4,8-10H2,1-3H3. The molecule has 20 heavy (non-hydrogen) atoms. The van der Waals surface area contributed by atoms with E-state index in [-0.39, 0.29) is 5.91 Å². The lowest BCUT2D eigenvalue weighted by Crippen LogP contribution is -2.39. The van der Waals surface area contributed by atoms with E-state index in [9.17, 15) is 4.79 Å². The number of hydrogen-bond acceptors (Lipinski definition) is 2. The van der Waals surface area contributed by atoms with Crippen LogP contribution < -0.4 is 5.32 Å². The second-order valence-electron chi connectivity index (χ2n) is 6.26. The summed E-state index contributed by atoms with van der Waals surface area (Å²) in [5.74, 6) is 1.52. The van der Waals surface area contributed by atoms with Gasteiger partial charge in [-0.15, -0.1) is 0 Å². The lowest BCUT2D eigenvalue weighted by atomic mass is 9.92. The molecule has 2 heterocycles. The molecule has 2 fully saturated rings. The summed E-state index contributed by atoms with van der Waals surface area (Å²) >= 11 is 0. The summed E-state index contributed by atoms with van der Waals surface area (Å²) in [4.78, 5) is 15.1. The quantitative estimate of drug-likeness (QED) is 0.896. The van der Waals surface area contributed by atoms with E-state index in [4.69, 9.17) is 0 Å². The summed E-state index contributed by atoms with van der Waals surface area (Å²) in [6.45, 7) is 9.39. The molecule has 2 aliphatic rings. The number of nitrogens with zero attached hydrogens (tertiary/aromatic N) is 1. The van der Waals surface area contributed by atoms with Crippen LogP contribution in [0.25, 0.3) is 0 Å². The minimum atomic E-state index is 0.229. The summed E-state index contributed by atoms with van der Waals surface area (Å²) in [6.07, 6.45) is 1.06. The van der Waals surface area contributed by atoms with Crippen molar-refractivity contribution in [1.29, 1.82) is 0 Å². The summed E-state index contributed by atoms with van der Waals surface area (Å²) in [6, 6.07) is 6.45. The van der Waals surface area contributed by atoms with Crippen molar-refractivity contribution in [2.45, 2.75) is 33.2 Å². The van der Waals surface area contributed by atoms with Crippen molar-refractivity contribution in [3.63, 3.8) is 0 Å². The lowest BCUT2D eigenvalue weighted by molar-refractivity contribution is 0.0711. The first kappa shape index (κ1) is 13.6. The highest BCUT2D eigenvalue weighted by Crippen LogP contribution is 2.35. The van der Waals surface area contributed by atoms with Crippen LogP contribution >= 0.6 is 0 Å². The van der Waals surface area contributed by atoms with Gasteiger partial charge < -0.3 is 10.2 Å². The number of aryl methyl sites for hydroxylation is 1. The Hall–Kier alpha value is -1.35. The Bertz CT molecular complexity index is 526. The molecule has 3 rings (SSSR count). The SMILES string of the molecule is CCC1C2CNCC2CN1C(=O)c1cccc(C)c1C. The van der Waals surface area contributed by atoms with Gasteiger partial charge in [-0.05, 0) is 49.3 Å². The zero-order valence-electron chi connectivity index (χ0n) is 12.6. The molecule has 2 saturated heterocycles. The van der Waals surface area contributed by atoms with Gasteiger partial charge in [0.15, 0.2) is 0 Å². The van der Waals surface area contributed by atoms with Crippen LogP contribution in [-0.2, 0) is 0 Å². The third-order valence-electron chi connectivity index (χ3n) is 5.23. The van der Waals surface area contributed by atoms with Crippen LogP contribution in [0, 0.1) is 25.7 Å². The molecule has 0 bridgehead atoms. The topological polar surface area (TPSA) is 32.3 Å². The average molecular weight is 272 g/mol. The third-order valence-corrected chi connectivity index (χ3v) is 5.23. The highest BCUT2D eigenvalue weighted by molar-refractivity contribution is 5.96. The lowest BCUT2D eigenvalue weighted by Gasteiger charge is -2.27. The molecule has 3 atom stereocenters. The average Bonchev–Trinajstić information content (AvgIpc) is 3.01. The highest BCUT2D eigenvalue weighted by atomic mass is 16.2. The second kappa shape index (κ2) is 5.21. The molecule has 3 heteroatoms. The molecule has 1 aromatic rings. The molecule has 1 amide bonds. The smallest absolute Gasteiger partial charge is 0.254 e. The molecular formula is C17H24N2O. The summed E-state index contributed by atoms with van der Waals surface area (Å²) < 4.78 is 0. The molecule has 3 nitrogen and oxygen atoms in total. The number of carbonyl (C=O) groups excluding carboxylic acids is 1. The molecule has 0 aliphatic carbocycles. The van der Waals surface area contributed by atoms with Gasteiger partial charge in [0.1, 0.15) is 0 Å². The van der Waals surface area contributed by atoms with Crippen LogP contribution in [0.2, 0.25) is 0 Å². The fourth-order valence-electron chi connectivity index (χ4n) is 3.92. The molecule has 0 radical (unpaired) electrons. The van der Waals surface area contributed by atoms with Crippen molar-refractivity contribution < 1.29 is 4.79 Å². The van der Waals surface area contributed by atoms with E-state index < -0.39 is 0 Å². The first-order valence-electron chi connectivity index (χ1n) is 7.71. The fraction of sp³-hybridized carbons (Fsp3) is 0.588. The minimum Gasteiger partial charge on any atom is -0.335 e. The molecular weight excluding hydrogens is 248 g/mol. The number of likely N-dealkylation sites (tertiary alicyclic amines) is 1. The van der Waals surface area contributed by atoms with Crippen molar-refractivity contribution in [1.82, 2.24) is 10.2 Å². The van der Waals surface area contributed by atoms with E-state index in [0.29, 0.717) is 17.9 Å². The Morgan fingerprint density at radius 2 is 2.15 bits per heavy atom. The molecule has 2 aliphatic heterocycles. The Labute approximate surface area is 121 Å². The Morgan fingerprint density at radius 1 is 1.35 bits per heavy atom. The fourth-order valence-corrected chi connectivity index (χ4v) is 3.92. The molecule has 0 saturated carbocycles. The van der Waals surface area contributed by atoms with Gasteiger partial charge in [-0.25, -0.2) is 0 Å². The molecule has 1 N–H and O–H groups in total. The Balaban J connectivity index is 1.89.